The Balaban J connectivity index is 0.00000225. The van der Waals surface area contributed by atoms with E-state index < -0.39 is 26.6 Å². The lowest BCUT2D eigenvalue weighted by Crippen LogP contribution is -2.34. The number of carbonyl (C=O) groups is 1. The topological polar surface area (TPSA) is 92.5 Å². The van der Waals surface area contributed by atoms with Gasteiger partial charge in [-0.1, -0.05) is 11.6 Å². The standard InChI is InChI=1S/C15H19ClFN3O3S.ClH/c1-8(21)19-14-5-12(17)15(4-11(14)16)24(22,23)20-6-9-2-3-13(18)10(9)7-20;/h4-5,9-10,13H,2-3,6-7,18H2,1H3,(H,19,21);1H. The number of nitrogens with zero attached hydrogens (tertiary/aromatic N) is 1. The van der Waals surface area contributed by atoms with Crippen LogP contribution in [-0.4, -0.2) is 37.8 Å². The van der Waals surface area contributed by atoms with E-state index in [1.165, 1.54) is 11.2 Å². The third-order valence-corrected chi connectivity index (χ3v) is 6.99. The van der Waals surface area contributed by atoms with Crippen LogP contribution in [0.25, 0.3) is 0 Å². The zero-order valence-electron chi connectivity index (χ0n) is 13.5. The summed E-state index contributed by atoms with van der Waals surface area (Å²) < 4.78 is 41.2. The average molecular weight is 412 g/mol. The van der Waals surface area contributed by atoms with E-state index >= 15 is 0 Å². The Morgan fingerprint density at radius 3 is 2.64 bits per heavy atom. The highest BCUT2D eigenvalue weighted by molar-refractivity contribution is 7.89. The summed E-state index contributed by atoms with van der Waals surface area (Å²) in [6.45, 7) is 1.91. The van der Waals surface area contributed by atoms with Gasteiger partial charge in [0.2, 0.25) is 15.9 Å². The maximum Gasteiger partial charge on any atom is 0.246 e. The molecule has 1 heterocycles. The van der Waals surface area contributed by atoms with E-state index in [1.54, 1.807) is 0 Å². The summed E-state index contributed by atoms with van der Waals surface area (Å²) in [7, 11) is -4.00. The Hall–Kier alpha value is -0.930. The lowest BCUT2D eigenvalue weighted by Gasteiger charge is -2.19. The lowest BCUT2D eigenvalue weighted by molar-refractivity contribution is -0.114. The van der Waals surface area contributed by atoms with E-state index in [1.807, 2.05) is 0 Å². The molecule has 0 spiro atoms. The molecule has 1 saturated heterocycles. The monoisotopic (exact) mass is 411 g/mol. The second-order valence-corrected chi connectivity index (χ2v) is 8.74. The largest absolute Gasteiger partial charge is 0.327 e. The van der Waals surface area contributed by atoms with Crippen LogP contribution in [0.3, 0.4) is 0 Å². The Morgan fingerprint density at radius 1 is 1.36 bits per heavy atom. The first kappa shape index (κ1) is 20.4. The van der Waals surface area contributed by atoms with Crippen molar-refractivity contribution < 1.29 is 17.6 Å². The van der Waals surface area contributed by atoms with Crippen molar-refractivity contribution in [3.05, 3.63) is 23.0 Å². The van der Waals surface area contributed by atoms with Gasteiger partial charge in [-0.2, -0.15) is 4.31 Å². The highest BCUT2D eigenvalue weighted by Crippen LogP contribution is 2.40. The number of sulfonamides is 1. The van der Waals surface area contributed by atoms with Gasteiger partial charge >= 0.3 is 0 Å². The zero-order chi connectivity index (χ0) is 17.6. The molecule has 1 saturated carbocycles. The molecule has 2 aliphatic rings. The van der Waals surface area contributed by atoms with Crippen molar-refractivity contribution in [3.63, 3.8) is 0 Å². The minimum absolute atomic E-state index is 0. The molecule has 2 fully saturated rings. The number of benzene rings is 1. The molecule has 0 radical (unpaired) electrons. The molecule has 25 heavy (non-hydrogen) atoms. The summed E-state index contributed by atoms with van der Waals surface area (Å²) in [6.07, 6.45) is 1.79. The van der Waals surface area contributed by atoms with Crippen LogP contribution in [0.1, 0.15) is 19.8 Å². The highest BCUT2D eigenvalue weighted by atomic mass is 35.5. The van der Waals surface area contributed by atoms with E-state index in [2.05, 4.69) is 5.32 Å². The van der Waals surface area contributed by atoms with Gasteiger partial charge in [0.1, 0.15) is 10.7 Å². The third kappa shape index (κ3) is 3.78. The molecule has 1 aliphatic carbocycles. The quantitative estimate of drug-likeness (QED) is 0.797. The van der Waals surface area contributed by atoms with Crippen LogP contribution < -0.4 is 11.1 Å². The fourth-order valence-corrected chi connectivity index (χ4v) is 5.50. The van der Waals surface area contributed by atoms with Gasteiger partial charge in [0.05, 0.1) is 10.7 Å². The number of carbonyl (C=O) groups excluding carboxylic acids is 1. The minimum Gasteiger partial charge on any atom is -0.327 e. The molecular weight excluding hydrogens is 392 g/mol. The van der Waals surface area contributed by atoms with E-state index in [9.17, 15) is 17.6 Å². The number of halogens is 3. The molecule has 3 unspecified atom stereocenters. The highest BCUT2D eigenvalue weighted by Gasteiger charge is 2.45. The van der Waals surface area contributed by atoms with E-state index in [-0.39, 0.29) is 41.0 Å². The van der Waals surface area contributed by atoms with Gasteiger partial charge in [-0.3, -0.25) is 4.79 Å². The second kappa shape index (κ2) is 7.36. The Morgan fingerprint density at radius 2 is 2.04 bits per heavy atom. The zero-order valence-corrected chi connectivity index (χ0v) is 15.9. The summed E-state index contributed by atoms with van der Waals surface area (Å²) in [5.74, 6) is -1.01. The van der Waals surface area contributed by atoms with Gasteiger partial charge in [-0.15, -0.1) is 12.4 Å². The van der Waals surface area contributed by atoms with Crippen LogP contribution in [-0.2, 0) is 14.8 Å². The van der Waals surface area contributed by atoms with Gasteiger partial charge in [0, 0.05) is 32.1 Å². The number of anilines is 1. The summed E-state index contributed by atoms with van der Waals surface area (Å²) in [5.41, 5.74) is 6.07. The van der Waals surface area contributed by atoms with Crippen molar-refractivity contribution in [2.24, 2.45) is 17.6 Å². The van der Waals surface area contributed by atoms with Crippen LogP contribution in [0.4, 0.5) is 10.1 Å². The summed E-state index contributed by atoms with van der Waals surface area (Å²) in [4.78, 5) is 10.6. The van der Waals surface area contributed by atoms with E-state index in [4.69, 9.17) is 17.3 Å². The second-order valence-electron chi connectivity index (χ2n) is 6.43. The van der Waals surface area contributed by atoms with Crippen molar-refractivity contribution in [1.82, 2.24) is 4.31 Å². The van der Waals surface area contributed by atoms with Crippen LogP contribution >= 0.6 is 24.0 Å². The Bertz CT molecular complexity index is 790. The number of hydrogen-bond acceptors (Lipinski definition) is 4. The van der Waals surface area contributed by atoms with Gasteiger partial charge in [0.25, 0.3) is 0 Å². The van der Waals surface area contributed by atoms with Gasteiger partial charge in [0.15, 0.2) is 0 Å². The van der Waals surface area contributed by atoms with E-state index in [0.717, 1.165) is 25.0 Å². The number of rotatable bonds is 3. The van der Waals surface area contributed by atoms with Crippen molar-refractivity contribution in [2.45, 2.75) is 30.7 Å². The molecule has 1 amide bonds. The van der Waals surface area contributed by atoms with Crippen LogP contribution in [0.5, 0.6) is 0 Å². The number of amides is 1. The fourth-order valence-electron chi connectivity index (χ4n) is 3.61. The number of hydrogen-bond donors (Lipinski definition) is 2. The van der Waals surface area contributed by atoms with Crippen molar-refractivity contribution >= 4 is 45.6 Å². The maximum atomic E-state index is 14.4. The van der Waals surface area contributed by atoms with Crippen LogP contribution in [0.15, 0.2) is 17.0 Å². The fraction of sp³-hybridized carbons (Fsp3) is 0.533. The molecular formula is C15H20Cl2FN3O3S. The predicted octanol–water partition coefficient (Wildman–Crippen LogP) is 2.22. The normalized spacial score (nSPS) is 26.2. The number of fused-ring (bicyclic) bond motifs is 1. The molecule has 3 N–H and O–H groups in total. The van der Waals surface area contributed by atoms with Crippen LogP contribution in [0, 0.1) is 17.7 Å². The molecule has 6 nitrogen and oxygen atoms in total. The van der Waals surface area contributed by atoms with Gasteiger partial charge in [-0.05, 0) is 30.7 Å². The Labute approximate surface area is 157 Å². The lowest BCUT2D eigenvalue weighted by atomic mass is 9.98. The van der Waals surface area contributed by atoms with Crippen molar-refractivity contribution in [3.8, 4) is 0 Å². The van der Waals surface area contributed by atoms with Crippen molar-refractivity contribution in [1.29, 1.82) is 0 Å². The molecule has 10 heteroatoms. The number of nitrogens with one attached hydrogen (secondary N) is 1. The number of nitrogens with two attached hydrogens (primary N) is 1. The van der Waals surface area contributed by atoms with Gasteiger partial charge in [-0.25, -0.2) is 12.8 Å². The molecule has 0 bridgehead atoms. The molecule has 1 aromatic rings. The predicted molar refractivity (Wildman–Crippen MR) is 95.9 cm³/mol. The smallest absolute Gasteiger partial charge is 0.246 e. The molecule has 3 rings (SSSR count). The molecule has 140 valence electrons. The summed E-state index contributed by atoms with van der Waals surface area (Å²) in [5, 5.41) is 2.34. The molecule has 3 atom stereocenters. The first-order chi connectivity index (χ1) is 11.2. The summed E-state index contributed by atoms with van der Waals surface area (Å²) in [6, 6.07) is 1.97. The average Bonchev–Trinajstić information content (AvgIpc) is 3.05. The van der Waals surface area contributed by atoms with Gasteiger partial charge < -0.3 is 11.1 Å². The van der Waals surface area contributed by atoms with E-state index in [0.29, 0.717) is 13.1 Å². The Kier molecular flexibility index (Phi) is 6.00. The van der Waals surface area contributed by atoms with Crippen molar-refractivity contribution in [2.75, 3.05) is 18.4 Å². The minimum atomic E-state index is -4.00. The third-order valence-electron chi connectivity index (χ3n) is 4.83. The molecule has 1 aliphatic heterocycles. The first-order valence-electron chi connectivity index (χ1n) is 7.72. The molecule has 1 aromatic carbocycles. The summed E-state index contributed by atoms with van der Waals surface area (Å²) >= 11 is 5.99. The molecule has 0 aromatic heterocycles. The first-order valence-corrected chi connectivity index (χ1v) is 9.54. The SMILES string of the molecule is CC(=O)Nc1cc(F)c(S(=O)(=O)N2CC3CCC(N)C3C2)cc1Cl.Cl. The maximum absolute atomic E-state index is 14.4. The van der Waals surface area contributed by atoms with Crippen LogP contribution in [0.2, 0.25) is 5.02 Å².